The zero-order chi connectivity index (χ0) is 16.1. The van der Waals surface area contributed by atoms with Crippen molar-refractivity contribution < 1.29 is 9.90 Å². The van der Waals surface area contributed by atoms with E-state index in [2.05, 4.69) is 21.2 Å². The Kier molecular flexibility index (Phi) is 4.95. The molecular formula is C18H23N3O2. The topological polar surface area (TPSA) is 67.2 Å². The third kappa shape index (κ3) is 4.12. The van der Waals surface area contributed by atoms with Gasteiger partial charge in [0.05, 0.1) is 18.3 Å². The van der Waals surface area contributed by atoms with Crippen LogP contribution in [0.4, 0.5) is 5.69 Å². The first kappa shape index (κ1) is 15.6. The molecule has 1 heterocycles. The predicted molar refractivity (Wildman–Crippen MR) is 89.5 cm³/mol. The maximum absolute atomic E-state index is 10.7. The summed E-state index contributed by atoms with van der Waals surface area (Å²) in [6, 6.07) is 10.6. The van der Waals surface area contributed by atoms with Gasteiger partial charge in [0.2, 0.25) is 0 Å². The molecule has 2 N–H and O–H groups in total. The fraction of sp³-hybridized carbons (Fsp3) is 0.444. The van der Waals surface area contributed by atoms with Gasteiger partial charge in [-0.25, -0.2) is 0 Å². The van der Waals surface area contributed by atoms with Crippen molar-refractivity contribution in [2.45, 2.75) is 51.1 Å². The maximum atomic E-state index is 10.7. The fourth-order valence-corrected chi connectivity index (χ4v) is 3.24. The van der Waals surface area contributed by atoms with Gasteiger partial charge < -0.3 is 10.4 Å². The lowest BCUT2D eigenvalue weighted by Gasteiger charge is -2.15. The van der Waals surface area contributed by atoms with E-state index in [9.17, 15) is 4.79 Å². The second kappa shape index (κ2) is 7.31. The number of nitrogens with one attached hydrogen (secondary N) is 1. The zero-order valence-electron chi connectivity index (χ0n) is 13.2. The summed E-state index contributed by atoms with van der Waals surface area (Å²) in [5.41, 5.74) is 3.27. The van der Waals surface area contributed by atoms with Crippen LogP contribution in [0.15, 0.2) is 36.5 Å². The summed E-state index contributed by atoms with van der Waals surface area (Å²) >= 11 is 0. The van der Waals surface area contributed by atoms with Crippen LogP contribution in [0.1, 0.15) is 49.4 Å². The maximum Gasteiger partial charge on any atom is 0.303 e. The molecule has 0 bridgehead atoms. The van der Waals surface area contributed by atoms with E-state index in [1.165, 1.54) is 31.4 Å². The normalized spacial score (nSPS) is 15.0. The highest BCUT2D eigenvalue weighted by Gasteiger charge is 2.19. The number of hydrogen-bond donors (Lipinski definition) is 2. The molecule has 1 aromatic heterocycles. The number of carbonyl (C=O) groups is 1. The van der Waals surface area contributed by atoms with Gasteiger partial charge in [0.25, 0.3) is 0 Å². The molecule has 1 aliphatic rings. The van der Waals surface area contributed by atoms with Gasteiger partial charge in [-0.3, -0.25) is 9.48 Å². The van der Waals surface area contributed by atoms with Gasteiger partial charge >= 0.3 is 5.97 Å². The largest absolute Gasteiger partial charge is 0.481 e. The Hall–Kier alpha value is -2.30. The second-order valence-corrected chi connectivity index (χ2v) is 6.15. The first-order valence-electron chi connectivity index (χ1n) is 8.29. The molecular weight excluding hydrogens is 290 g/mol. The number of hydrogen-bond acceptors (Lipinski definition) is 3. The third-order valence-electron chi connectivity index (χ3n) is 4.45. The molecule has 5 heteroatoms. The Morgan fingerprint density at radius 1 is 1.30 bits per heavy atom. The van der Waals surface area contributed by atoms with E-state index in [1.807, 2.05) is 30.5 Å². The third-order valence-corrected chi connectivity index (χ3v) is 4.45. The molecule has 1 fully saturated rings. The first-order valence-corrected chi connectivity index (χ1v) is 8.29. The van der Waals surface area contributed by atoms with E-state index in [0.717, 1.165) is 17.8 Å². The van der Waals surface area contributed by atoms with Gasteiger partial charge in [-0.15, -0.1) is 0 Å². The number of nitrogens with zero attached hydrogens (tertiary/aromatic N) is 2. The van der Waals surface area contributed by atoms with E-state index in [1.54, 1.807) is 0 Å². The van der Waals surface area contributed by atoms with Crippen molar-refractivity contribution in [2.75, 3.05) is 5.32 Å². The van der Waals surface area contributed by atoms with Gasteiger partial charge in [0.15, 0.2) is 0 Å². The molecule has 2 aromatic rings. The van der Waals surface area contributed by atoms with Gasteiger partial charge in [-0.05, 0) is 43.0 Å². The highest BCUT2D eigenvalue weighted by Crippen LogP contribution is 2.30. The van der Waals surface area contributed by atoms with Crippen molar-refractivity contribution in [1.29, 1.82) is 0 Å². The minimum absolute atomic E-state index is 0.165. The lowest BCUT2D eigenvalue weighted by molar-refractivity contribution is -0.136. The van der Waals surface area contributed by atoms with E-state index < -0.39 is 5.97 Å². The molecule has 122 valence electrons. The van der Waals surface area contributed by atoms with Crippen molar-refractivity contribution >= 4 is 11.7 Å². The summed E-state index contributed by atoms with van der Waals surface area (Å²) < 4.78 is 2.16. The molecule has 0 saturated heterocycles. The number of anilines is 1. The van der Waals surface area contributed by atoms with E-state index in [0.29, 0.717) is 12.5 Å². The van der Waals surface area contributed by atoms with Crippen molar-refractivity contribution in [2.24, 2.45) is 0 Å². The molecule has 0 atom stereocenters. The van der Waals surface area contributed by atoms with Crippen LogP contribution >= 0.6 is 0 Å². The number of rotatable bonds is 7. The minimum atomic E-state index is -0.760. The summed E-state index contributed by atoms with van der Waals surface area (Å²) in [4.78, 5) is 10.7. The Morgan fingerprint density at radius 2 is 2.13 bits per heavy atom. The van der Waals surface area contributed by atoms with Gasteiger partial charge in [-0.1, -0.05) is 25.0 Å². The average molecular weight is 313 g/mol. The van der Waals surface area contributed by atoms with Gasteiger partial charge in [0, 0.05) is 18.3 Å². The zero-order valence-corrected chi connectivity index (χ0v) is 13.2. The Labute approximate surface area is 136 Å². The van der Waals surface area contributed by atoms with Gasteiger partial charge in [0.1, 0.15) is 0 Å². The van der Waals surface area contributed by atoms with Crippen LogP contribution in [0.5, 0.6) is 0 Å². The molecule has 1 aliphatic carbocycles. The summed E-state index contributed by atoms with van der Waals surface area (Å²) in [5, 5.41) is 16.7. The molecule has 0 aliphatic heterocycles. The molecule has 3 rings (SSSR count). The molecule has 1 saturated carbocycles. The first-order chi connectivity index (χ1) is 11.2. The lowest BCUT2D eigenvalue weighted by atomic mass is 10.1. The number of aryl methyl sites for hydroxylation is 1. The molecule has 1 aromatic carbocycles. The number of carboxylic acid groups (broad SMARTS) is 1. The smallest absolute Gasteiger partial charge is 0.303 e. The molecule has 0 amide bonds. The van der Waals surface area contributed by atoms with Crippen LogP contribution in [0, 0.1) is 0 Å². The van der Waals surface area contributed by atoms with E-state index in [4.69, 9.17) is 5.11 Å². The number of aromatic nitrogens is 2. The highest BCUT2D eigenvalue weighted by atomic mass is 16.4. The quantitative estimate of drug-likeness (QED) is 0.819. The Balaban J connectivity index is 1.61. The van der Waals surface area contributed by atoms with Crippen molar-refractivity contribution in [1.82, 2.24) is 9.78 Å². The lowest BCUT2D eigenvalue weighted by Crippen LogP contribution is -2.13. The molecule has 0 radical (unpaired) electrons. The number of benzene rings is 1. The minimum Gasteiger partial charge on any atom is -0.481 e. The second-order valence-electron chi connectivity index (χ2n) is 6.15. The summed E-state index contributed by atoms with van der Waals surface area (Å²) in [7, 11) is 0. The molecule has 5 nitrogen and oxygen atoms in total. The van der Waals surface area contributed by atoms with Gasteiger partial charge in [-0.2, -0.15) is 5.10 Å². The van der Waals surface area contributed by atoms with Crippen molar-refractivity contribution in [3.63, 3.8) is 0 Å². The highest BCUT2D eigenvalue weighted by molar-refractivity contribution is 5.67. The van der Waals surface area contributed by atoms with Crippen LogP contribution in [0.2, 0.25) is 0 Å². The van der Waals surface area contributed by atoms with Crippen LogP contribution in [-0.4, -0.2) is 20.9 Å². The van der Waals surface area contributed by atoms with Crippen LogP contribution in [0.25, 0.3) is 0 Å². The summed E-state index contributed by atoms with van der Waals surface area (Å²) in [6.07, 6.45) is 7.63. The fourth-order valence-electron chi connectivity index (χ4n) is 3.24. The van der Waals surface area contributed by atoms with Crippen molar-refractivity contribution in [3.05, 3.63) is 47.8 Å². The van der Waals surface area contributed by atoms with Crippen LogP contribution in [0.3, 0.4) is 0 Å². The van der Waals surface area contributed by atoms with Crippen molar-refractivity contribution in [3.8, 4) is 0 Å². The SMILES string of the molecule is O=C(O)CCc1cccc(NCc2ccnn2C2CCCC2)c1. The summed E-state index contributed by atoms with van der Waals surface area (Å²) in [5.74, 6) is -0.760. The predicted octanol–water partition coefficient (Wildman–Crippen LogP) is 3.63. The Morgan fingerprint density at radius 3 is 2.91 bits per heavy atom. The van der Waals surface area contributed by atoms with Crippen LogP contribution in [-0.2, 0) is 17.8 Å². The molecule has 23 heavy (non-hydrogen) atoms. The van der Waals surface area contributed by atoms with E-state index >= 15 is 0 Å². The Bertz CT molecular complexity index is 660. The molecule has 0 spiro atoms. The monoisotopic (exact) mass is 313 g/mol. The average Bonchev–Trinajstić information content (AvgIpc) is 3.22. The molecule has 0 unspecified atom stereocenters. The number of aliphatic carboxylic acids is 1. The number of carboxylic acids is 1. The standard InChI is InChI=1S/C18H23N3O2/c22-18(23)9-8-14-4-3-5-15(12-14)19-13-17-10-11-20-21(17)16-6-1-2-7-16/h3-5,10-12,16,19H,1-2,6-9,13H2,(H,22,23). The van der Waals surface area contributed by atoms with E-state index in [-0.39, 0.29) is 6.42 Å². The summed E-state index contributed by atoms with van der Waals surface area (Å²) in [6.45, 7) is 0.735. The van der Waals surface area contributed by atoms with Crippen LogP contribution < -0.4 is 5.32 Å².